The van der Waals surface area contributed by atoms with Crippen LogP contribution in [0, 0.1) is 17.3 Å². The predicted octanol–water partition coefficient (Wildman–Crippen LogP) is 5.83. The van der Waals surface area contributed by atoms with E-state index < -0.39 is 18.1 Å². The number of hydrogen-bond donors (Lipinski definition) is 0. The summed E-state index contributed by atoms with van der Waals surface area (Å²) in [4.78, 5) is 44.6. The van der Waals surface area contributed by atoms with Gasteiger partial charge in [0.05, 0.1) is 22.7 Å². The van der Waals surface area contributed by atoms with Gasteiger partial charge >= 0.3 is 6.09 Å². The van der Waals surface area contributed by atoms with E-state index in [1.807, 2.05) is 17.9 Å². The zero-order valence-electron chi connectivity index (χ0n) is 23.0. The van der Waals surface area contributed by atoms with Gasteiger partial charge in [0.15, 0.2) is 0 Å². The van der Waals surface area contributed by atoms with Gasteiger partial charge in [-0.2, -0.15) is 0 Å². The summed E-state index contributed by atoms with van der Waals surface area (Å²) in [7, 11) is 1.62. The van der Waals surface area contributed by atoms with E-state index in [1.54, 1.807) is 24.1 Å². The number of rotatable bonds is 6. The molecule has 4 fully saturated rings. The summed E-state index contributed by atoms with van der Waals surface area (Å²) >= 11 is 12.5. The van der Waals surface area contributed by atoms with Crippen molar-refractivity contribution in [1.29, 1.82) is 0 Å². The number of nitrogens with zero attached hydrogens (tertiary/aromatic N) is 3. The molecule has 2 aliphatic heterocycles. The average molecular weight is 601 g/mol. The van der Waals surface area contributed by atoms with E-state index in [9.17, 15) is 23.2 Å². The molecule has 3 unspecified atom stereocenters. The SMILES string of the molecule is CN(C(=O)OCC1CCC(F)(F)C1)C1CN(C(=O)C2CCN(C(=O)C3(C)CC3)CC2)CC1c1ccc(Cl)c(Cl)c1. The van der Waals surface area contributed by atoms with Crippen molar-refractivity contribution in [2.75, 3.05) is 39.8 Å². The minimum Gasteiger partial charge on any atom is -0.449 e. The third kappa shape index (κ3) is 6.20. The maximum absolute atomic E-state index is 13.7. The Labute approximate surface area is 244 Å². The van der Waals surface area contributed by atoms with Crippen LogP contribution in [0.4, 0.5) is 13.6 Å². The van der Waals surface area contributed by atoms with Crippen molar-refractivity contribution < 1.29 is 27.9 Å². The Kier molecular flexibility index (Phi) is 8.28. The van der Waals surface area contributed by atoms with Crippen molar-refractivity contribution in [1.82, 2.24) is 14.7 Å². The van der Waals surface area contributed by atoms with Gasteiger partial charge in [-0.05, 0) is 55.7 Å². The smallest absolute Gasteiger partial charge is 0.409 e. The van der Waals surface area contributed by atoms with E-state index in [1.165, 1.54) is 4.90 Å². The van der Waals surface area contributed by atoms with Crippen LogP contribution in [0.25, 0.3) is 0 Å². The lowest BCUT2D eigenvalue weighted by Gasteiger charge is -2.34. The van der Waals surface area contributed by atoms with Crippen molar-refractivity contribution in [2.24, 2.45) is 17.3 Å². The number of likely N-dealkylation sites (N-methyl/N-ethyl adjacent to an activating group) is 1. The molecule has 3 atom stereocenters. The van der Waals surface area contributed by atoms with Gasteiger partial charge in [0.1, 0.15) is 0 Å². The predicted molar refractivity (Wildman–Crippen MR) is 148 cm³/mol. The van der Waals surface area contributed by atoms with Crippen molar-refractivity contribution in [2.45, 2.75) is 69.8 Å². The monoisotopic (exact) mass is 599 g/mol. The Morgan fingerprint density at radius 3 is 2.33 bits per heavy atom. The third-order valence-corrected chi connectivity index (χ3v) is 10.1. The second-order valence-electron chi connectivity index (χ2n) is 12.4. The van der Waals surface area contributed by atoms with Crippen LogP contribution in [0.3, 0.4) is 0 Å². The van der Waals surface area contributed by atoms with Crippen molar-refractivity contribution in [3.8, 4) is 0 Å². The number of carbonyl (C=O) groups excluding carboxylic acids is 3. The van der Waals surface area contributed by atoms with Gasteiger partial charge < -0.3 is 19.4 Å². The number of ether oxygens (including phenoxy) is 1. The first-order valence-corrected chi connectivity index (χ1v) is 14.9. The second kappa shape index (κ2) is 11.3. The van der Waals surface area contributed by atoms with Crippen LogP contribution in [-0.2, 0) is 14.3 Å². The molecule has 2 saturated carbocycles. The van der Waals surface area contributed by atoms with Gasteiger partial charge in [-0.1, -0.05) is 36.2 Å². The minimum absolute atomic E-state index is 0.0206. The van der Waals surface area contributed by atoms with Crippen LogP contribution in [-0.4, -0.2) is 84.4 Å². The molecular formula is C29H37Cl2F2N3O4. The molecule has 1 aromatic rings. The molecule has 7 nitrogen and oxygen atoms in total. The fourth-order valence-electron chi connectivity index (χ4n) is 6.41. The lowest BCUT2D eigenvalue weighted by molar-refractivity contribution is -0.142. The van der Waals surface area contributed by atoms with Gasteiger partial charge in [-0.3, -0.25) is 9.59 Å². The van der Waals surface area contributed by atoms with Crippen LogP contribution in [0.15, 0.2) is 18.2 Å². The number of halogens is 4. The molecule has 5 rings (SSSR count). The maximum atomic E-state index is 13.7. The maximum Gasteiger partial charge on any atom is 0.409 e. The summed E-state index contributed by atoms with van der Waals surface area (Å²) in [5.74, 6) is -3.27. The molecule has 40 heavy (non-hydrogen) atoms. The Morgan fingerprint density at radius 2 is 1.73 bits per heavy atom. The number of alkyl halides is 2. The number of amides is 3. The molecule has 3 amide bonds. The minimum atomic E-state index is -2.70. The number of carbonyl (C=O) groups is 3. The molecule has 1 aromatic carbocycles. The van der Waals surface area contributed by atoms with Gasteiger partial charge in [0.2, 0.25) is 17.7 Å². The second-order valence-corrected chi connectivity index (χ2v) is 13.2. The molecule has 2 aliphatic carbocycles. The first-order valence-electron chi connectivity index (χ1n) is 14.2. The quantitative estimate of drug-likeness (QED) is 0.412. The molecule has 11 heteroatoms. The topological polar surface area (TPSA) is 70.2 Å². The van der Waals surface area contributed by atoms with Gasteiger partial charge in [0, 0.05) is 63.3 Å². The van der Waals surface area contributed by atoms with Gasteiger partial charge in [-0.15, -0.1) is 0 Å². The summed E-state index contributed by atoms with van der Waals surface area (Å²) in [6.07, 6.45) is 2.36. The first kappa shape index (κ1) is 29.4. The van der Waals surface area contributed by atoms with Crippen molar-refractivity contribution in [3.63, 3.8) is 0 Å². The first-order chi connectivity index (χ1) is 18.9. The van der Waals surface area contributed by atoms with Crippen LogP contribution >= 0.6 is 23.2 Å². The molecule has 2 saturated heterocycles. The third-order valence-electron chi connectivity index (χ3n) is 9.35. The highest BCUT2D eigenvalue weighted by Crippen LogP contribution is 2.47. The van der Waals surface area contributed by atoms with E-state index in [2.05, 4.69) is 0 Å². The molecule has 0 aromatic heterocycles. The van der Waals surface area contributed by atoms with Crippen LogP contribution in [0.1, 0.15) is 63.4 Å². The molecule has 4 aliphatic rings. The molecule has 2 heterocycles. The number of benzene rings is 1. The average Bonchev–Trinajstić information content (AvgIpc) is 3.37. The zero-order chi connectivity index (χ0) is 28.8. The fraction of sp³-hybridized carbons (Fsp3) is 0.690. The summed E-state index contributed by atoms with van der Waals surface area (Å²) in [6.45, 7) is 3.81. The Balaban J connectivity index is 1.25. The summed E-state index contributed by atoms with van der Waals surface area (Å²) < 4.78 is 32.6. The lowest BCUT2D eigenvalue weighted by Crippen LogP contribution is -2.46. The summed E-state index contributed by atoms with van der Waals surface area (Å²) in [5, 5.41) is 0.798. The number of hydrogen-bond acceptors (Lipinski definition) is 4. The molecule has 0 bridgehead atoms. The van der Waals surface area contributed by atoms with Crippen molar-refractivity contribution in [3.05, 3.63) is 33.8 Å². The largest absolute Gasteiger partial charge is 0.449 e. The Bertz CT molecular complexity index is 1160. The number of likely N-dealkylation sites (tertiary alicyclic amines) is 2. The zero-order valence-corrected chi connectivity index (χ0v) is 24.5. The van der Waals surface area contributed by atoms with Crippen LogP contribution in [0.5, 0.6) is 0 Å². The van der Waals surface area contributed by atoms with E-state index in [0.717, 1.165) is 18.4 Å². The van der Waals surface area contributed by atoms with Crippen molar-refractivity contribution >= 4 is 41.1 Å². The highest BCUT2D eigenvalue weighted by molar-refractivity contribution is 6.42. The highest BCUT2D eigenvalue weighted by Gasteiger charge is 2.48. The summed E-state index contributed by atoms with van der Waals surface area (Å²) in [6, 6.07) is 4.92. The van der Waals surface area contributed by atoms with Crippen LogP contribution in [0.2, 0.25) is 10.0 Å². The van der Waals surface area contributed by atoms with E-state index in [-0.39, 0.29) is 54.4 Å². The van der Waals surface area contributed by atoms with Gasteiger partial charge in [0.25, 0.3) is 0 Å². The number of piperidine rings is 1. The lowest BCUT2D eigenvalue weighted by atomic mass is 9.93. The molecular weight excluding hydrogens is 563 g/mol. The van der Waals surface area contributed by atoms with Gasteiger partial charge in [-0.25, -0.2) is 13.6 Å². The molecule has 0 N–H and O–H groups in total. The Morgan fingerprint density at radius 1 is 1.02 bits per heavy atom. The van der Waals surface area contributed by atoms with E-state index in [4.69, 9.17) is 27.9 Å². The van der Waals surface area contributed by atoms with Crippen LogP contribution < -0.4 is 0 Å². The standard InChI is InChI=1S/C29H37Cl2F2N3O4/c1-28(9-10-28)26(38)35-11-6-19(7-12-35)25(37)36-15-21(20-3-4-22(30)23(31)13-20)24(16-36)34(2)27(39)40-17-18-5-8-29(32,33)14-18/h3-4,13,18-19,21,24H,5-12,14-17H2,1-2H3. The molecule has 220 valence electrons. The molecule has 0 radical (unpaired) electrons. The normalized spacial score (nSPS) is 27.5. The van der Waals surface area contributed by atoms with E-state index >= 15 is 0 Å². The molecule has 0 spiro atoms. The van der Waals surface area contributed by atoms with E-state index in [0.29, 0.717) is 55.5 Å². The highest BCUT2D eigenvalue weighted by atomic mass is 35.5. The summed E-state index contributed by atoms with van der Waals surface area (Å²) in [5.41, 5.74) is 0.632. The fourth-order valence-corrected chi connectivity index (χ4v) is 6.72. The Hall–Kier alpha value is -2.13.